The van der Waals surface area contributed by atoms with E-state index in [-0.39, 0.29) is 30.1 Å². The normalized spacial score (nSPS) is 11.1. The van der Waals surface area contributed by atoms with E-state index >= 15 is 0 Å². The van der Waals surface area contributed by atoms with Crippen molar-refractivity contribution in [1.29, 1.82) is 0 Å². The second-order valence-electron chi connectivity index (χ2n) is 6.35. The molecule has 7 heteroatoms. The molecule has 7 nitrogen and oxygen atoms in total. The molecule has 2 aromatic rings. The van der Waals surface area contributed by atoms with E-state index in [0.29, 0.717) is 29.7 Å². The fourth-order valence-electron chi connectivity index (χ4n) is 2.94. The first-order valence-corrected chi connectivity index (χ1v) is 8.57. The third kappa shape index (κ3) is 3.75. The van der Waals surface area contributed by atoms with Crippen LogP contribution >= 0.6 is 0 Å². The summed E-state index contributed by atoms with van der Waals surface area (Å²) in [7, 11) is 1.61. The molecule has 0 aliphatic rings. The number of carbonyl (C=O) groups is 2. The first kappa shape index (κ1) is 18.8. The first-order valence-electron chi connectivity index (χ1n) is 8.57. The minimum absolute atomic E-state index is 0.0198. The largest absolute Gasteiger partial charge is 0.342 e. The fraction of sp³-hybridized carbons (Fsp3) is 0.500. The lowest BCUT2D eigenvalue weighted by Gasteiger charge is -2.23. The fourth-order valence-corrected chi connectivity index (χ4v) is 2.94. The van der Waals surface area contributed by atoms with Crippen molar-refractivity contribution in [2.45, 2.75) is 33.7 Å². The van der Waals surface area contributed by atoms with E-state index in [4.69, 9.17) is 0 Å². The Bertz CT molecular complexity index is 830. The summed E-state index contributed by atoms with van der Waals surface area (Å²) >= 11 is 0. The van der Waals surface area contributed by atoms with Crippen molar-refractivity contribution in [3.8, 4) is 0 Å². The monoisotopic (exact) mass is 346 g/mol. The molecule has 0 aliphatic heterocycles. The van der Waals surface area contributed by atoms with Gasteiger partial charge in [-0.05, 0) is 45.9 Å². The van der Waals surface area contributed by atoms with E-state index in [0.717, 1.165) is 0 Å². The predicted octanol–water partition coefficient (Wildman–Crippen LogP) is 1.85. The summed E-state index contributed by atoms with van der Waals surface area (Å²) in [6, 6.07) is 5.08. The van der Waals surface area contributed by atoms with Gasteiger partial charge in [-0.3, -0.25) is 14.2 Å². The molecule has 1 aromatic heterocycles. The maximum absolute atomic E-state index is 12.7. The highest BCUT2D eigenvalue weighted by Crippen LogP contribution is 2.17. The number of aromatic amines is 1. The zero-order valence-corrected chi connectivity index (χ0v) is 15.5. The Morgan fingerprint density at radius 3 is 2.40 bits per heavy atom. The Kier molecular flexibility index (Phi) is 5.66. The summed E-state index contributed by atoms with van der Waals surface area (Å²) in [5, 5.41) is 0. The van der Waals surface area contributed by atoms with E-state index in [1.54, 1.807) is 34.7 Å². The van der Waals surface area contributed by atoms with Crippen LogP contribution in [0.5, 0.6) is 0 Å². The second kappa shape index (κ2) is 7.55. The van der Waals surface area contributed by atoms with Gasteiger partial charge >= 0.3 is 5.69 Å². The number of fused-ring (bicyclic) bond motifs is 1. The number of amides is 2. The molecule has 0 bridgehead atoms. The van der Waals surface area contributed by atoms with Crippen LogP contribution in [-0.2, 0) is 4.79 Å². The van der Waals surface area contributed by atoms with Crippen molar-refractivity contribution >= 4 is 22.8 Å². The molecule has 0 aliphatic carbocycles. The molecular weight excluding hydrogens is 320 g/mol. The molecule has 136 valence electrons. The Labute approximate surface area is 147 Å². The minimum Gasteiger partial charge on any atom is -0.342 e. The van der Waals surface area contributed by atoms with E-state index in [9.17, 15) is 14.4 Å². The molecule has 0 radical (unpaired) electrons. The number of hydrogen-bond acceptors (Lipinski definition) is 3. The summed E-state index contributed by atoms with van der Waals surface area (Å²) < 4.78 is 1.62. The van der Waals surface area contributed by atoms with E-state index < -0.39 is 0 Å². The van der Waals surface area contributed by atoms with Gasteiger partial charge in [-0.1, -0.05) is 0 Å². The van der Waals surface area contributed by atoms with Gasteiger partial charge in [0.2, 0.25) is 5.91 Å². The molecule has 2 rings (SSSR count). The van der Waals surface area contributed by atoms with Gasteiger partial charge in [0.15, 0.2) is 0 Å². The Hall–Kier alpha value is -2.57. The molecule has 0 saturated carbocycles. The molecule has 1 aromatic carbocycles. The molecule has 25 heavy (non-hydrogen) atoms. The van der Waals surface area contributed by atoms with Crippen LogP contribution in [-0.4, -0.2) is 57.8 Å². The minimum atomic E-state index is -0.244. The molecule has 0 saturated heterocycles. The van der Waals surface area contributed by atoms with Crippen LogP contribution in [0, 0.1) is 0 Å². The number of nitrogens with zero attached hydrogens (tertiary/aromatic N) is 3. The van der Waals surface area contributed by atoms with Gasteiger partial charge in [-0.2, -0.15) is 0 Å². The highest BCUT2D eigenvalue weighted by molar-refractivity contribution is 5.99. The lowest BCUT2D eigenvalue weighted by molar-refractivity contribution is -0.131. The average molecular weight is 346 g/mol. The van der Waals surface area contributed by atoms with Crippen molar-refractivity contribution in [3.63, 3.8) is 0 Å². The topological polar surface area (TPSA) is 78.4 Å². The van der Waals surface area contributed by atoms with Gasteiger partial charge in [0, 0.05) is 31.7 Å². The van der Waals surface area contributed by atoms with Gasteiger partial charge in [0.1, 0.15) is 0 Å². The van der Waals surface area contributed by atoms with Crippen molar-refractivity contribution < 1.29 is 9.59 Å². The number of aromatic nitrogens is 2. The van der Waals surface area contributed by atoms with Crippen LogP contribution in [0.4, 0.5) is 0 Å². The number of rotatable bonds is 6. The smallest absolute Gasteiger partial charge is 0.326 e. The Balaban J connectivity index is 2.28. The third-order valence-electron chi connectivity index (χ3n) is 4.32. The zero-order chi connectivity index (χ0) is 18.7. The van der Waals surface area contributed by atoms with Crippen LogP contribution in [0.3, 0.4) is 0 Å². The summed E-state index contributed by atoms with van der Waals surface area (Å²) in [6.07, 6.45) is 0. The van der Waals surface area contributed by atoms with Gasteiger partial charge in [-0.25, -0.2) is 4.79 Å². The van der Waals surface area contributed by atoms with Gasteiger partial charge in [-0.15, -0.1) is 0 Å². The first-order chi connectivity index (χ1) is 11.8. The standard InChI is InChI=1S/C18H26N4O3/c1-6-21(7-2)16(23)11-20(5)17(24)13-8-9-14-15(10-13)22(12(3)4)18(25)19-14/h8-10,12H,6-7,11H2,1-5H3,(H,19,25). The zero-order valence-electron chi connectivity index (χ0n) is 15.5. The summed E-state index contributed by atoms with van der Waals surface area (Å²) in [5.41, 5.74) is 1.64. The number of carbonyl (C=O) groups excluding carboxylic acids is 2. The molecule has 0 unspecified atom stereocenters. The second-order valence-corrected chi connectivity index (χ2v) is 6.35. The van der Waals surface area contributed by atoms with Crippen LogP contribution in [0.2, 0.25) is 0 Å². The van der Waals surface area contributed by atoms with Crippen molar-refractivity contribution in [3.05, 3.63) is 34.2 Å². The highest BCUT2D eigenvalue weighted by atomic mass is 16.2. The molecule has 1 N–H and O–H groups in total. The van der Waals surface area contributed by atoms with Crippen LogP contribution in [0.25, 0.3) is 11.0 Å². The van der Waals surface area contributed by atoms with Crippen molar-refractivity contribution in [2.75, 3.05) is 26.7 Å². The molecule has 2 amide bonds. The predicted molar refractivity (Wildman–Crippen MR) is 97.8 cm³/mol. The van der Waals surface area contributed by atoms with Gasteiger partial charge < -0.3 is 14.8 Å². The van der Waals surface area contributed by atoms with E-state index in [2.05, 4.69) is 4.98 Å². The number of benzene rings is 1. The lowest BCUT2D eigenvalue weighted by Crippen LogP contribution is -2.41. The Morgan fingerprint density at radius 1 is 1.20 bits per heavy atom. The number of imidazole rings is 1. The molecule has 1 heterocycles. The Morgan fingerprint density at radius 2 is 1.84 bits per heavy atom. The van der Waals surface area contributed by atoms with Crippen molar-refractivity contribution in [1.82, 2.24) is 19.4 Å². The van der Waals surface area contributed by atoms with Crippen molar-refractivity contribution in [2.24, 2.45) is 0 Å². The summed E-state index contributed by atoms with van der Waals surface area (Å²) in [6.45, 7) is 8.92. The van der Waals surface area contributed by atoms with Crippen LogP contribution in [0.1, 0.15) is 44.1 Å². The van der Waals surface area contributed by atoms with E-state index in [1.807, 2.05) is 27.7 Å². The SMILES string of the molecule is CCN(CC)C(=O)CN(C)C(=O)c1ccc2[nH]c(=O)n(C(C)C)c2c1. The average Bonchev–Trinajstić information content (AvgIpc) is 2.90. The summed E-state index contributed by atoms with van der Waals surface area (Å²) in [4.78, 5) is 42.8. The van der Waals surface area contributed by atoms with Crippen LogP contribution < -0.4 is 5.69 Å². The lowest BCUT2D eigenvalue weighted by atomic mass is 10.1. The number of H-pyrrole nitrogens is 1. The molecular formula is C18H26N4O3. The third-order valence-corrected chi connectivity index (χ3v) is 4.32. The molecule has 0 fully saturated rings. The maximum Gasteiger partial charge on any atom is 0.326 e. The van der Waals surface area contributed by atoms with E-state index in [1.165, 1.54) is 4.90 Å². The van der Waals surface area contributed by atoms with Crippen LogP contribution in [0.15, 0.2) is 23.0 Å². The summed E-state index contributed by atoms with van der Waals surface area (Å²) in [5.74, 6) is -0.325. The molecule has 0 spiro atoms. The van der Waals surface area contributed by atoms with Gasteiger partial charge in [0.05, 0.1) is 17.6 Å². The molecule has 0 atom stereocenters. The number of nitrogens with one attached hydrogen (secondary N) is 1. The highest BCUT2D eigenvalue weighted by Gasteiger charge is 2.19. The number of hydrogen-bond donors (Lipinski definition) is 1. The number of likely N-dealkylation sites (N-methyl/N-ethyl adjacent to an activating group) is 2. The quantitative estimate of drug-likeness (QED) is 0.867. The maximum atomic E-state index is 12.7. The van der Waals surface area contributed by atoms with Gasteiger partial charge in [0.25, 0.3) is 5.91 Å².